The number of ketones is 1. The highest BCUT2D eigenvalue weighted by molar-refractivity contribution is 5.78. The molecule has 2 fully saturated rings. The SMILES string of the molecule is CC1CCC(CC(=O)CC2CCC(C)C2)C1. The van der Waals surface area contributed by atoms with Crippen LogP contribution in [0.15, 0.2) is 0 Å². The minimum absolute atomic E-state index is 0.554. The number of hydrogen-bond donors (Lipinski definition) is 0. The lowest BCUT2D eigenvalue weighted by molar-refractivity contribution is -0.120. The molecule has 2 saturated carbocycles. The van der Waals surface area contributed by atoms with Crippen molar-refractivity contribution in [2.24, 2.45) is 23.7 Å². The van der Waals surface area contributed by atoms with Gasteiger partial charge in [0.2, 0.25) is 0 Å². The minimum atomic E-state index is 0.554. The van der Waals surface area contributed by atoms with E-state index in [1.807, 2.05) is 0 Å². The molecule has 0 saturated heterocycles. The van der Waals surface area contributed by atoms with E-state index in [9.17, 15) is 4.79 Å². The first-order valence-electron chi connectivity index (χ1n) is 7.15. The maximum Gasteiger partial charge on any atom is 0.133 e. The zero-order valence-corrected chi connectivity index (χ0v) is 10.9. The van der Waals surface area contributed by atoms with Gasteiger partial charge in [0, 0.05) is 12.8 Å². The molecule has 0 heterocycles. The lowest BCUT2D eigenvalue weighted by Crippen LogP contribution is -2.10. The van der Waals surface area contributed by atoms with Crippen molar-refractivity contribution in [1.82, 2.24) is 0 Å². The third-order valence-electron chi connectivity index (χ3n) is 4.64. The summed E-state index contributed by atoms with van der Waals surface area (Å²) in [5.74, 6) is 3.73. The van der Waals surface area contributed by atoms with Crippen LogP contribution < -0.4 is 0 Å². The average Bonchev–Trinajstić information content (AvgIpc) is 2.76. The summed E-state index contributed by atoms with van der Waals surface area (Å²) in [5, 5.41) is 0. The second-order valence-corrected chi connectivity index (χ2v) is 6.52. The topological polar surface area (TPSA) is 17.1 Å². The summed E-state index contributed by atoms with van der Waals surface area (Å²) in [6.07, 6.45) is 9.66. The molecule has 2 aliphatic rings. The molecule has 2 rings (SSSR count). The van der Waals surface area contributed by atoms with Crippen molar-refractivity contribution in [3.05, 3.63) is 0 Å². The van der Waals surface area contributed by atoms with Crippen LogP contribution >= 0.6 is 0 Å². The molecular weight excluding hydrogens is 196 g/mol. The molecule has 0 bridgehead atoms. The number of rotatable bonds is 4. The maximum absolute atomic E-state index is 12.0. The Balaban J connectivity index is 1.68. The summed E-state index contributed by atoms with van der Waals surface area (Å²) in [5.41, 5.74) is 0. The second kappa shape index (κ2) is 5.33. The van der Waals surface area contributed by atoms with Crippen molar-refractivity contribution in [3.63, 3.8) is 0 Å². The van der Waals surface area contributed by atoms with Crippen LogP contribution in [-0.2, 0) is 4.79 Å². The van der Waals surface area contributed by atoms with Crippen molar-refractivity contribution >= 4 is 5.78 Å². The van der Waals surface area contributed by atoms with Crippen LogP contribution in [0.25, 0.3) is 0 Å². The van der Waals surface area contributed by atoms with Crippen LogP contribution in [0.1, 0.15) is 65.2 Å². The van der Waals surface area contributed by atoms with Gasteiger partial charge in [0.25, 0.3) is 0 Å². The second-order valence-electron chi connectivity index (χ2n) is 6.52. The maximum atomic E-state index is 12.0. The standard InChI is InChI=1S/C15H26O/c1-11-3-5-13(7-11)9-15(16)10-14-6-4-12(2)8-14/h11-14H,3-10H2,1-2H3. The molecule has 0 spiro atoms. The highest BCUT2D eigenvalue weighted by atomic mass is 16.1. The lowest BCUT2D eigenvalue weighted by atomic mass is 9.93. The van der Waals surface area contributed by atoms with Crippen LogP contribution in [0.3, 0.4) is 0 Å². The fraction of sp³-hybridized carbons (Fsp3) is 0.933. The zero-order chi connectivity index (χ0) is 11.5. The Morgan fingerprint density at radius 1 is 0.875 bits per heavy atom. The Hall–Kier alpha value is -0.330. The van der Waals surface area contributed by atoms with E-state index < -0.39 is 0 Å². The van der Waals surface area contributed by atoms with Crippen LogP contribution in [0.4, 0.5) is 0 Å². The van der Waals surface area contributed by atoms with Crippen LogP contribution in [0.5, 0.6) is 0 Å². The van der Waals surface area contributed by atoms with Crippen molar-refractivity contribution in [1.29, 1.82) is 0 Å². The van der Waals surface area contributed by atoms with Gasteiger partial charge in [-0.25, -0.2) is 0 Å². The largest absolute Gasteiger partial charge is 0.300 e. The Labute approximate surface area is 100.0 Å². The van der Waals surface area contributed by atoms with Crippen molar-refractivity contribution in [2.45, 2.75) is 65.2 Å². The minimum Gasteiger partial charge on any atom is -0.300 e. The molecule has 0 aliphatic heterocycles. The van der Waals surface area contributed by atoms with Crippen LogP contribution in [-0.4, -0.2) is 5.78 Å². The molecule has 0 aromatic rings. The van der Waals surface area contributed by atoms with E-state index in [4.69, 9.17) is 0 Å². The summed E-state index contributed by atoms with van der Waals surface area (Å²) >= 11 is 0. The molecule has 1 nitrogen and oxygen atoms in total. The molecule has 0 N–H and O–H groups in total. The monoisotopic (exact) mass is 222 g/mol. The van der Waals surface area contributed by atoms with Crippen molar-refractivity contribution in [2.75, 3.05) is 0 Å². The van der Waals surface area contributed by atoms with Gasteiger partial charge in [-0.15, -0.1) is 0 Å². The summed E-state index contributed by atoms with van der Waals surface area (Å²) < 4.78 is 0. The van der Waals surface area contributed by atoms with E-state index in [1.165, 1.54) is 38.5 Å². The molecule has 16 heavy (non-hydrogen) atoms. The first-order valence-corrected chi connectivity index (χ1v) is 7.15. The van der Waals surface area contributed by atoms with Crippen LogP contribution in [0, 0.1) is 23.7 Å². The molecule has 0 aromatic carbocycles. The van der Waals surface area contributed by atoms with Gasteiger partial charge >= 0.3 is 0 Å². The Kier molecular flexibility index (Phi) is 4.05. The molecule has 2 aliphatic carbocycles. The van der Waals surface area contributed by atoms with E-state index in [-0.39, 0.29) is 0 Å². The first-order chi connectivity index (χ1) is 7.63. The summed E-state index contributed by atoms with van der Waals surface area (Å²) in [4.78, 5) is 12.0. The Bertz CT molecular complexity index is 222. The van der Waals surface area contributed by atoms with E-state index in [0.29, 0.717) is 5.78 Å². The van der Waals surface area contributed by atoms with Gasteiger partial charge in [-0.2, -0.15) is 0 Å². The molecule has 0 radical (unpaired) electrons. The average molecular weight is 222 g/mol. The zero-order valence-electron chi connectivity index (χ0n) is 10.9. The highest BCUT2D eigenvalue weighted by Crippen LogP contribution is 2.36. The third-order valence-corrected chi connectivity index (χ3v) is 4.64. The number of Topliss-reactive ketones (excluding diaryl/α,β-unsaturated/α-hetero) is 1. The van der Waals surface area contributed by atoms with Gasteiger partial charge < -0.3 is 0 Å². The first kappa shape index (κ1) is 12.1. The van der Waals surface area contributed by atoms with Crippen molar-refractivity contribution in [3.8, 4) is 0 Å². The smallest absolute Gasteiger partial charge is 0.133 e. The van der Waals surface area contributed by atoms with Gasteiger partial charge in [0.15, 0.2) is 0 Å². The predicted octanol–water partition coefficient (Wildman–Crippen LogP) is 4.21. The quantitative estimate of drug-likeness (QED) is 0.696. The Morgan fingerprint density at radius 2 is 1.31 bits per heavy atom. The molecule has 4 atom stereocenters. The summed E-state index contributed by atoms with van der Waals surface area (Å²) in [7, 11) is 0. The normalized spacial score (nSPS) is 39.1. The van der Waals surface area contributed by atoms with E-state index in [2.05, 4.69) is 13.8 Å². The molecule has 92 valence electrons. The molecule has 1 heteroatoms. The fourth-order valence-corrected chi connectivity index (χ4v) is 3.75. The summed E-state index contributed by atoms with van der Waals surface area (Å²) in [6.45, 7) is 4.65. The molecule has 0 aromatic heterocycles. The Morgan fingerprint density at radius 3 is 1.62 bits per heavy atom. The van der Waals surface area contributed by atoms with Gasteiger partial charge in [-0.05, 0) is 49.4 Å². The molecule has 4 unspecified atom stereocenters. The molecular formula is C15H26O. The lowest BCUT2D eigenvalue weighted by Gasteiger charge is -2.11. The molecule has 0 amide bonds. The van der Waals surface area contributed by atoms with E-state index in [1.54, 1.807) is 0 Å². The number of carbonyl (C=O) groups is 1. The van der Waals surface area contributed by atoms with Gasteiger partial charge in [-0.3, -0.25) is 4.79 Å². The summed E-state index contributed by atoms with van der Waals surface area (Å²) in [6, 6.07) is 0. The van der Waals surface area contributed by atoms with Gasteiger partial charge in [-0.1, -0.05) is 26.7 Å². The third kappa shape index (κ3) is 3.33. The number of hydrogen-bond acceptors (Lipinski definition) is 1. The number of carbonyl (C=O) groups excluding carboxylic acids is 1. The fourth-order valence-electron chi connectivity index (χ4n) is 3.75. The van der Waals surface area contributed by atoms with Gasteiger partial charge in [0.05, 0.1) is 0 Å². The van der Waals surface area contributed by atoms with Crippen molar-refractivity contribution < 1.29 is 4.79 Å². The van der Waals surface area contributed by atoms with E-state index >= 15 is 0 Å². The predicted molar refractivity (Wildman–Crippen MR) is 67.3 cm³/mol. The highest BCUT2D eigenvalue weighted by Gasteiger charge is 2.27. The van der Waals surface area contributed by atoms with Crippen LogP contribution in [0.2, 0.25) is 0 Å². The van der Waals surface area contributed by atoms with Gasteiger partial charge in [0.1, 0.15) is 5.78 Å². The van der Waals surface area contributed by atoms with E-state index in [0.717, 1.165) is 36.5 Å².